The van der Waals surface area contributed by atoms with Gasteiger partial charge in [-0.25, -0.2) is 8.42 Å². The quantitative estimate of drug-likeness (QED) is 0.645. The molecule has 0 atom stereocenters. The first-order valence-electron chi connectivity index (χ1n) is 8.03. The van der Waals surface area contributed by atoms with E-state index in [2.05, 4.69) is 10.6 Å². The first-order valence-corrected chi connectivity index (χ1v) is 9.74. The maximum Gasteiger partial charge on any atom is 0.253 e. The Morgan fingerprint density at radius 3 is 2.44 bits per heavy atom. The van der Waals surface area contributed by atoms with Crippen LogP contribution in [0.2, 0.25) is 0 Å². The summed E-state index contributed by atoms with van der Waals surface area (Å²) >= 11 is 0. The van der Waals surface area contributed by atoms with Crippen LogP contribution >= 0.6 is 12.4 Å². The van der Waals surface area contributed by atoms with Gasteiger partial charge in [0.25, 0.3) is 5.91 Å². The van der Waals surface area contributed by atoms with Gasteiger partial charge in [-0.2, -0.15) is 0 Å². The smallest absolute Gasteiger partial charge is 0.253 e. The third-order valence-electron chi connectivity index (χ3n) is 4.02. The van der Waals surface area contributed by atoms with E-state index in [0.717, 1.165) is 12.8 Å². The predicted molar refractivity (Wildman–Crippen MR) is 99.8 cm³/mol. The zero-order valence-electron chi connectivity index (χ0n) is 13.9. The molecule has 1 aromatic carbocycles. The topological polar surface area (TPSA) is 118 Å². The maximum absolute atomic E-state index is 12.2. The Hall–Kier alpha value is -1.64. The van der Waals surface area contributed by atoms with Gasteiger partial charge >= 0.3 is 0 Å². The fourth-order valence-electron chi connectivity index (χ4n) is 2.81. The molecule has 0 unspecified atom stereocenters. The van der Waals surface area contributed by atoms with Crippen LogP contribution in [0.4, 0.5) is 5.69 Å². The van der Waals surface area contributed by atoms with Gasteiger partial charge in [0, 0.05) is 13.1 Å². The number of carbonyl (C=O) groups is 2. The Labute approximate surface area is 154 Å². The minimum absolute atomic E-state index is 0. The number of rotatable bonds is 7. The number of anilines is 1. The van der Waals surface area contributed by atoms with Crippen molar-refractivity contribution in [2.45, 2.75) is 30.9 Å². The van der Waals surface area contributed by atoms with Crippen LogP contribution in [0.5, 0.6) is 0 Å². The molecule has 1 fully saturated rings. The Morgan fingerprint density at radius 1 is 1.16 bits per heavy atom. The minimum Gasteiger partial charge on any atom is -0.351 e. The summed E-state index contributed by atoms with van der Waals surface area (Å²) in [6, 6.07) is 6.47. The summed E-state index contributed by atoms with van der Waals surface area (Å²) in [4.78, 5) is 24.2. The molecule has 0 radical (unpaired) electrons. The van der Waals surface area contributed by atoms with Crippen LogP contribution in [0.1, 0.15) is 36.0 Å². The fourth-order valence-corrected chi connectivity index (χ4v) is 4.53. The molecule has 0 bridgehead atoms. The summed E-state index contributed by atoms with van der Waals surface area (Å²) in [7, 11) is -3.46. The Kier molecular flexibility index (Phi) is 8.34. The molecule has 2 amide bonds. The average molecular weight is 390 g/mol. The maximum atomic E-state index is 12.2. The van der Waals surface area contributed by atoms with Gasteiger partial charge < -0.3 is 16.4 Å². The molecule has 0 spiro atoms. The number of carbonyl (C=O) groups excluding carboxylic acids is 2. The second-order valence-electron chi connectivity index (χ2n) is 5.85. The molecule has 1 aliphatic carbocycles. The largest absolute Gasteiger partial charge is 0.351 e. The lowest BCUT2D eigenvalue weighted by Crippen LogP contribution is -2.32. The van der Waals surface area contributed by atoms with E-state index in [-0.39, 0.29) is 23.9 Å². The highest BCUT2D eigenvalue weighted by atomic mass is 35.5. The summed E-state index contributed by atoms with van der Waals surface area (Å²) in [6.07, 6.45) is 3.01. The lowest BCUT2D eigenvalue weighted by Gasteiger charge is -2.13. The molecule has 0 saturated heterocycles. The van der Waals surface area contributed by atoms with Crippen molar-refractivity contribution in [3.8, 4) is 0 Å². The third-order valence-corrected chi connectivity index (χ3v) is 6.17. The molecule has 1 aromatic rings. The molecule has 9 heteroatoms. The predicted octanol–water partition coefficient (Wildman–Crippen LogP) is 1.09. The normalized spacial score (nSPS) is 14.6. The summed E-state index contributed by atoms with van der Waals surface area (Å²) < 4.78 is 24.5. The van der Waals surface area contributed by atoms with Gasteiger partial charge in [0.15, 0.2) is 9.84 Å². The fraction of sp³-hybridized carbons (Fsp3) is 0.500. The van der Waals surface area contributed by atoms with Crippen molar-refractivity contribution in [1.82, 2.24) is 5.32 Å². The summed E-state index contributed by atoms with van der Waals surface area (Å²) in [5, 5.41) is 4.73. The monoisotopic (exact) mass is 389 g/mol. The highest BCUT2D eigenvalue weighted by Crippen LogP contribution is 2.25. The van der Waals surface area contributed by atoms with Crippen molar-refractivity contribution in [2.24, 2.45) is 5.73 Å². The Bertz CT molecular complexity index is 703. The zero-order chi connectivity index (χ0) is 17.6. The van der Waals surface area contributed by atoms with Gasteiger partial charge in [-0.1, -0.05) is 25.0 Å². The van der Waals surface area contributed by atoms with Crippen LogP contribution in [-0.4, -0.2) is 44.3 Å². The van der Waals surface area contributed by atoms with Crippen molar-refractivity contribution >= 4 is 39.7 Å². The number of nitrogens with one attached hydrogen (secondary N) is 2. The number of amides is 2. The number of sulfone groups is 1. The SMILES string of the molecule is Cl.NCCNC(=O)c1ccccc1NC(=O)CS(=O)(=O)C1CCCC1. The van der Waals surface area contributed by atoms with E-state index in [1.165, 1.54) is 0 Å². The van der Waals surface area contributed by atoms with Crippen molar-refractivity contribution < 1.29 is 18.0 Å². The Morgan fingerprint density at radius 2 is 1.80 bits per heavy atom. The van der Waals surface area contributed by atoms with Crippen LogP contribution in [-0.2, 0) is 14.6 Å². The molecular weight excluding hydrogens is 366 g/mol. The van der Waals surface area contributed by atoms with Crippen LogP contribution in [0.25, 0.3) is 0 Å². The van der Waals surface area contributed by atoms with Crippen LogP contribution < -0.4 is 16.4 Å². The van der Waals surface area contributed by atoms with Gasteiger partial charge in [-0.3, -0.25) is 9.59 Å². The van der Waals surface area contributed by atoms with Crippen LogP contribution in [0, 0.1) is 0 Å². The van der Waals surface area contributed by atoms with E-state index in [1.54, 1.807) is 24.3 Å². The molecule has 7 nitrogen and oxygen atoms in total. The van der Waals surface area contributed by atoms with Crippen molar-refractivity contribution in [3.05, 3.63) is 29.8 Å². The lowest BCUT2D eigenvalue weighted by molar-refractivity contribution is -0.113. The molecule has 140 valence electrons. The van der Waals surface area contributed by atoms with Gasteiger partial charge in [0.1, 0.15) is 5.75 Å². The van der Waals surface area contributed by atoms with Crippen molar-refractivity contribution in [1.29, 1.82) is 0 Å². The highest BCUT2D eigenvalue weighted by Gasteiger charge is 2.30. The average Bonchev–Trinajstić information content (AvgIpc) is 3.08. The second-order valence-corrected chi connectivity index (χ2v) is 8.13. The number of halogens is 1. The van der Waals surface area contributed by atoms with Crippen LogP contribution in [0.15, 0.2) is 24.3 Å². The molecule has 1 aliphatic rings. The molecule has 4 N–H and O–H groups in total. The van der Waals surface area contributed by atoms with Gasteiger partial charge in [0.05, 0.1) is 16.5 Å². The molecule has 1 saturated carbocycles. The first kappa shape index (κ1) is 21.4. The second kappa shape index (κ2) is 9.74. The number of nitrogens with two attached hydrogens (primary N) is 1. The van der Waals surface area contributed by atoms with Gasteiger partial charge in [-0.15, -0.1) is 12.4 Å². The summed E-state index contributed by atoms with van der Waals surface area (Å²) in [5.41, 5.74) is 5.92. The first-order chi connectivity index (χ1) is 11.4. The van der Waals surface area contributed by atoms with Gasteiger partial charge in [-0.05, 0) is 25.0 Å². The molecular formula is C16H24ClN3O4S. The lowest BCUT2D eigenvalue weighted by atomic mass is 10.1. The van der Waals surface area contributed by atoms with Crippen molar-refractivity contribution in [2.75, 3.05) is 24.2 Å². The molecule has 0 heterocycles. The molecule has 2 rings (SSSR count). The van der Waals surface area contributed by atoms with Gasteiger partial charge in [0.2, 0.25) is 5.91 Å². The molecule has 0 aliphatic heterocycles. The number of hydrogen-bond donors (Lipinski definition) is 3. The number of benzene rings is 1. The number of para-hydroxylation sites is 1. The van der Waals surface area contributed by atoms with Crippen molar-refractivity contribution in [3.63, 3.8) is 0 Å². The van der Waals surface area contributed by atoms with E-state index in [0.29, 0.717) is 31.6 Å². The zero-order valence-corrected chi connectivity index (χ0v) is 15.5. The van der Waals surface area contributed by atoms with E-state index >= 15 is 0 Å². The molecule has 25 heavy (non-hydrogen) atoms. The Balaban J connectivity index is 0.00000312. The van der Waals surface area contributed by atoms with E-state index in [9.17, 15) is 18.0 Å². The summed E-state index contributed by atoms with van der Waals surface area (Å²) in [6.45, 7) is 0.622. The summed E-state index contributed by atoms with van der Waals surface area (Å²) in [5.74, 6) is -1.55. The molecule has 0 aromatic heterocycles. The van der Waals surface area contributed by atoms with E-state index < -0.39 is 26.7 Å². The third kappa shape index (κ3) is 5.98. The van der Waals surface area contributed by atoms with E-state index in [4.69, 9.17) is 5.73 Å². The highest BCUT2D eigenvalue weighted by molar-refractivity contribution is 7.92. The number of hydrogen-bond acceptors (Lipinski definition) is 5. The standard InChI is InChI=1S/C16H23N3O4S.ClH/c17-9-10-18-16(21)13-7-3-4-8-14(13)19-15(20)11-24(22,23)12-5-1-2-6-12;/h3-4,7-8,12H,1-2,5-6,9-11,17H2,(H,18,21)(H,19,20);1H. The minimum atomic E-state index is -3.46. The van der Waals surface area contributed by atoms with Crippen LogP contribution in [0.3, 0.4) is 0 Å². The van der Waals surface area contributed by atoms with E-state index in [1.807, 2.05) is 0 Å².